The van der Waals surface area contributed by atoms with Gasteiger partial charge in [0, 0.05) is 38.5 Å². The summed E-state index contributed by atoms with van der Waals surface area (Å²) in [6.45, 7) is 9.53. The molecule has 45 heavy (non-hydrogen) atoms. The number of likely N-dealkylation sites (tertiary alicyclic amines) is 1. The van der Waals surface area contributed by atoms with E-state index in [9.17, 15) is 14.4 Å². The van der Waals surface area contributed by atoms with Crippen molar-refractivity contribution in [2.75, 3.05) is 46.7 Å². The first-order chi connectivity index (χ1) is 21.8. The Hall–Kier alpha value is -3.99. The van der Waals surface area contributed by atoms with Gasteiger partial charge in [0.05, 0.1) is 26.2 Å². The van der Waals surface area contributed by atoms with Crippen molar-refractivity contribution in [1.82, 2.24) is 9.80 Å². The van der Waals surface area contributed by atoms with Gasteiger partial charge in [-0.05, 0) is 55.2 Å². The van der Waals surface area contributed by atoms with Crippen molar-refractivity contribution >= 4 is 18.0 Å². The van der Waals surface area contributed by atoms with Crippen molar-refractivity contribution in [2.45, 2.75) is 71.6 Å². The van der Waals surface area contributed by atoms with Gasteiger partial charge in [0.2, 0.25) is 19.0 Å². The van der Waals surface area contributed by atoms with Crippen molar-refractivity contribution < 1.29 is 42.8 Å². The van der Waals surface area contributed by atoms with Gasteiger partial charge in [0.15, 0.2) is 11.5 Å². The molecule has 0 radical (unpaired) electrons. The molecule has 2 aliphatic rings. The number of carbonyl (C=O) groups is 3. The summed E-state index contributed by atoms with van der Waals surface area (Å²) in [5.41, 5.74) is 1.68. The predicted octanol–water partition coefficient (Wildman–Crippen LogP) is 5.67. The second-order valence-corrected chi connectivity index (χ2v) is 11.3. The standard InChI is InChI=1S/C34H46N2O9/c1-6-9-17-35(18-10-7-2)30(37)21-36-20-27(25-13-16-28-29(19-25)43-22-42-28)31(32(36)24-11-14-26(40-5)15-12-24)33(38)44-23(4)45-34(39)41-8-3/h11-16,19,23,27,31-32H,6-10,17-18,20-22H2,1-5H3/t23?,27-,31-,32+/m1/s1. The van der Waals surface area contributed by atoms with E-state index >= 15 is 0 Å². The molecule has 11 nitrogen and oxygen atoms in total. The Bertz CT molecular complexity index is 1280. The number of nitrogens with zero attached hydrogens (tertiary/aromatic N) is 2. The quantitative estimate of drug-likeness (QED) is 0.181. The van der Waals surface area contributed by atoms with Gasteiger partial charge in [-0.25, -0.2) is 4.79 Å². The number of fused-ring (bicyclic) bond motifs is 1. The molecule has 1 saturated heterocycles. The lowest BCUT2D eigenvalue weighted by Crippen LogP contribution is -2.42. The third-order valence-electron chi connectivity index (χ3n) is 8.21. The fraction of sp³-hybridized carbons (Fsp3) is 0.559. The van der Waals surface area contributed by atoms with Gasteiger partial charge in [0.25, 0.3) is 0 Å². The topological polar surface area (TPSA) is 113 Å². The summed E-state index contributed by atoms with van der Waals surface area (Å²) in [5.74, 6) is 0.244. The highest BCUT2D eigenvalue weighted by atomic mass is 16.8. The Kier molecular flexibility index (Phi) is 12.3. The molecular formula is C34H46N2O9. The van der Waals surface area contributed by atoms with Crippen LogP contribution in [0.2, 0.25) is 0 Å². The zero-order valence-electron chi connectivity index (χ0n) is 27.0. The lowest BCUT2D eigenvalue weighted by atomic mass is 9.82. The molecule has 0 N–H and O–H groups in total. The fourth-order valence-corrected chi connectivity index (χ4v) is 5.95. The molecule has 4 atom stereocenters. The van der Waals surface area contributed by atoms with E-state index in [0.29, 0.717) is 36.9 Å². The largest absolute Gasteiger partial charge is 0.511 e. The summed E-state index contributed by atoms with van der Waals surface area (Å²) in [7, 11) is 1.59. The molecule has 1 fully saturated rings. The number of carbonyl (C=O) groups excluding carboxylic acids is 3. The van der Waals surface area contributed by atoms with E-state index < -0.39 is 30.4 Å². The molecule has 2 aromatic rings. The first kappa shape index (κ1) is 33.9. The Morgan fingerprint density at radius 1 is 0.933 bits per heavy atom. The highest BCUT2D eigenvalue weighted by Crippen LogP contribution is 2.48. The predicted molar refractivity (Wildman–Crippen MR) is 166 cm³/mol. The van der Waals surface area contributed by atoms with Crippen LogP contribution in [0.15, 0.2) is 42.5 Å². The third kappa shape index (κ3) is 8.59. The van der Waals surface area contributed by atoms with Crippen molar-refractivity contribution in [3.8, 4) is 17.2 Å². The van der Waals surface area contributed by atoms with E-state index in [1.807, 2.05) is 47.4 Å². The van der Waals surface area contributed by atoms with Crippen molar-refractivity contribution in [3.63, 3.8) is 0 Å². The molecule has 246 valence electrons. The molecule has 0 spiro atoms. The highest BCUT2D eigenvalue weighted by Gasteiger charge is 2.49. The van der Waals surface area contributed by atoms with Crippen LogP contribution in [0.25, 0.3) is 0 Å². The first-order valence-corrected chi connectivity index (χ1v) is 15.9. The second kappa shape index (κ2) is 16.4. The summed E-state index contributed by atoms with van der Waals surface area (Å²) in [4.78, 5) is 43.9. The Morgan fingerprint density at radius 3 is 2.24 bits per heavy atom. The summed E-state index contributed by atoms with van der Waals surface area (Å²) in [6, 6.07) is 12.6. The van der Waals surface area contributed by atoms with Gasteiger partial charge in [0.1, 0.15) is 5.75 Å². The number of amides is 1. The first-order valence-electron chi connectivity index (χ1n) is 15.9. The highest BCUT2D eigenvalue weighted by molar-refractivity contribution is 5.80. The van der Waals surface area contributed by atoms with E-state index in [1.165, 1.54) is 6.92 Å². The molecule has 2 heterocycles. The summed E-state index contributed by atoms with van der Waals surface area (Å²) in [6.07, 6.45) is 1.71. The third-order valence-corrected chi connectivity index (χ3v) is 8.21. The Labute approximate surface area is 265 Å². The van der Waals surface area contributed by atoms with Crippen LogP contribution < -0.4 is 14.2 Å². The molecule has 0 aliphatic carbocycles. The van der Waals surface area contributed by atoms with Crippen LogP contribution in [0, 0.1) is 5.92 Å². The molecule has 1 unspecified atom stereocenters. The molecule has 1 amide bonds. The van der Waals surface area contributed by atoms with Gasteiger partial charge in [-0.1, -0.05) is 44.9 Å². The monoisotopic (exact) mass is 626 g/mol. The number of ether oxygens (including phenoxy) is 6. The number of hydrogen-bond acceptors (Lipinski definition) is 10. The molecular weight excluding hydrogens is 580 g/mol. The average Bonchev–Trinajstić information content (AvgIpc) is 3.65. The van der Waals surface area contributed by atoms with Crippen LogP contribution in [0.1, 0.15) is 76.5 Å². The van der Waals surface area contributed by atoms with E-state index in [1.54, 1.807) is 14.0 Å². The van der Waals surface area contributed by atoms with Crippen LogP contribution >= 0.6 is 0 Å². The summed E-state index contributed by atoms with van der Waals surface area (Å²) >= 11 is 0. The van der Waals surface area contributed by atoms with Gasteiger partial charge in [-0.15, -0.1) is 0 Å². The van der Waals surface area contributed by atoms with Crippen molar-refractivity contribution in [1.29, 1.82) is 0 Å². The number of esters is 1. The maximum absolute atomic E-state index is 14.1. The fourth-order valence-electron chi connectivity index (χ4n) is 5.95. The van der Waals surface area contributed by atoms with Gasteiger partial charge >= 0.3 is 12.1 Å². The smallest absolute Gasteiger partial charge is 0.497 e. The second-order valence-electron chi connectivity index (χ2n) is 11.3. The number of hydrogen-bond donors (Lipinski definition) is 0. The minimum Gasteiger partial charge on any atom is -0.497 e. The summed E-state index contributed by atoms with van der Waals surface area (Å²) < 4.78 is 32.3. The number of methoxy groups -OCH3 is 1. The summed E-state index contributed by atoms with van der Waals surface area (Å²) in [5, 5.41) is 0. The Morgan fingerprint density at radius 2 is 1.60 bits per heavy atom. The van der Waals surface area contributed by atoms with E-state index in [2.05, 4.69) is 18.7 Å². The Balaban J connectivity index is 1.72. The van der Waals surface area contributed by atoms with Crippen LogP contribution in [0.5, 0.6) is 17.2 Å². The van der Waals surface area contributed by atoms with Gasteiger partial charge < -0.3 is 33.3 Å². The molecule has 2 aliphatic heterocycles. The molecule has 0 aromatic heterocycles. The molecule has 4 rings (SSSR count). The molecule has 0 bridgehead atoms. The molecule has 11 heteroatoms. The zero-order valence-corrected chi connectivity index (χ0v) is 27.0. The zero-order chi connectivity index (χ0) is 32.3. The van der Waals surface area contributed by atoms with Crippen LogP contribution in [0.3, 0.4) is 0 Å². The number of rotatable bonds is 15. The molecule has 2 aromatic carbocycles. The minimum atomic E-state index is -1.18. The van der Waals surface area contributed by atoms with E-state index in [0.717, 1.165) is 36.8 Å². The maximum atomic E-state index is 14.1. The van der Waals surface area contributed by atoms with Crippen LogP contribution in [-0.2, 0) is 23.8 Å². The van der Waals surface area contributed by atoms with Gasteiger partial charge in [-0.2, -0.15) is 0 Å². The lowest BCUT2D eigenvalue weighted by molar-refractivity contribution is -0.174. The van der Waals surface area contributed by atoms with Crippen LogP contribution in [-0.4, -0.2) is 80.8 Å². The van der Waals surface area contributed by atoms with E-state index in [-0.39, 0.29) is 31.8 Å². The lowest BCUT2D eigenvalue weighted by Gasteiger charge is -2.31. The SMILES string of the molecule is CCCCN(CCCC)C(=O)CN1C[C@H](c2ccc3c(c2)OCO3)[C@@H](C(=O)OC(C)OC(=O)OCC)[C@@H]1c1ccc(OC)cc1. The van der Waals surface area contributed by atoms with Crippen molar-refractivity contribution in [2.24, 2.45) is 5.92 Å². The number of benzene rings is 2. The van der Waals surface area contributed by atoms with Gasteiger partial charge in [-0.3, -0.25) is 14.5 Å². The number of unbranched alkanes of at least 4 members (excludes halogenated alkanes) is 2. The normalized spacial score (nSPS) is 19.5. The van der Waals surface area contributed by atoms with Crippen molar-refractivity contribution in [3.05, 3.63) is 53.6 Å². The average molecular weight is 627 g/mol. The minimum absolute atomic E-state index is 0.0212. The van der Waals surface area contributed by atoms with Crippen LogP contribution in [0.4, 0.5) is 4.79 Å². The van der Waals surface area contributed by atoms with E-state index in [4.69, 9.17) is 28.4 Å². The maximum Gasteiger partial charge on any atom is 0.511 e. The molecule has 0 saturated carbocycles.